The lowest BCUT2D eigenvalue weighted by atomic mass is 10.1. The summed E-state index contributed by atoms with van der Waals surface area (Å²) in [6, 6.07) is 22.6. The van der Waals surface area contributed by atoms with Gasteiger partial charge in [-0.3, -0.25) is 9.59 Å². The molecule has 1 aliphatic rings. The molecule has 0 aliphatic carbocycles. The van der Waals surface area contributed by atoms with Crippen LogP contribution in [0.1, 0.15) is 39.2 Å². The van der Waals surface area contributed by atoms with E-state index in [9.17, 15) is 9.59 Å². The molecule has 134 valence electrons. The van der Waals surface area contributed by atoms with Gasteiger partial charge in [-0.15, -0.1) is 0 Å². The number of hydrogen-bond acceptors (Lipinski definition) is 3. The van der Waals surface area contributed by atoms with E-state index in [0.717, 1.165) is 15.4 Å². The fraction of sp³-hybridized carbons (Fsp3) is 0.0909. The molecule has 0 saturated heterocycles. The first kappa shape index (κ1) is 17.4. The summed E-state index contributed by atoms with van der Waals surface area (Å²) in [5, 5.41) is 5.92. The average molecular weight is 374 g/mol. The van der Waals surface area contributed by atoms with E-state index in [2.05, 4.69) is 10.6 Å². The lowest BCUT2D eigenvalue weighted by Gasteiger charge is -2.15. The van der Waals surface area contributed by atoms with E-state index in [1.54, 1.807) is 18.2 Å². The number of nitrogens with one attached hydrogen (secondary N) is 2. The van der Waals surface area contributed by atoms with Gasteiger partial charge < -0.3 is 10.6 Å². The highest BCUT2D eigenvalue weighted by molar-refractivity contribution is 7.99. The maximum absolute atomic E-state index is 12.7. The first-order valence-electron chi connectivity index (χ1n) is 8.70. The Morgan fingerprint density at radius 2 is 1.70 bits per heavy atom. The first-order chi connectivity index (χ1) is 13.1. The molecule has 0 bridgehead atoms. The van der Waals surface area contributed by atoms with Crippen LogP contribution in [-0.4, -0.2) is 11.8 Å². The van der Waals surface area contributed by atoms with Crippen LogP contribution in [0.2, 0.25) is 0 Å². The molecule has 1 atom stereocenters. The highest BCUT2D eigenvalue weighted by atomic mass is 32.2. The standard InChI is InChI=1S/C22H18N2O2S/c1-14(15-7-3-2-4-8-15)23-21(25)16-11-12-20-18(13-16)24-22(26)17-9-5-6-10-19(17)27-20/h2-14H,1H3,(H,23,25)(H,24,26)/t14-/m1/s1. The van der Waals surface area contributed by atoms with E-state index >= 15 is 0 Å². The summed E-state index contributed by atoms with van der Waals surface area (Å²) in [6.45, 7) is 1.95. The molecule has 2 amide bonds. The topological polar surface area (TPSA) is 58.2 Å². The van der Waals surface area contributed by atoms with Crippen molar-refractivity contribution in [2.24, 2.45) is 0 Å². The number of rotatable bonds is 3. The second kappa shape index (κ2) is 7.29. The lowest BCUT2D eigenvalue weighted by Crippen LogP contribution is -2.26. The van der Waals surface area contributed by atoms with Crippen molar-refractivity contribution < 1.29 is 9.59 Å². The zero-order chi connectivity index (χ0) is 18.8. The minimum absolute atomic E-state index is 0.106. The minimum Gasteiger partial charge on any atom is -0.346 e. The van der Waals surface area contributed by atoms with Gasteiger partial charge in [0.05, 0.1) is 17.3 Å². The van der Waals surface area contributed by atoms with Crippen molar-refractivity contribution in [2.45, 2.75) is 22.8 Å². The number of hydrogen-bond donors (Lipinski definition) is 2. The molecule has 0 unspecified atom stereocenters. The third-order valence-corrected chi connectivity index (χ3v) is 5.64. The number of carbonyl (C=O) groups excluding carboxylic acids is 2. The monoisotopic (exact) mass is 374 g/mol. The summed E-state index contributed by atoms with van der Waals surface area (Å²) in [4.78, 5) is 27.0. The molecule has 0 saturated carbocycles. The highest BCUT2D eigenvalue weighted by Crippen LogP contribution is 2.39. The molecule has 0 spiro atoms. The van der Waals surface area contributed by atoms with Crippen molar-refractivity contribution in [3.05, 3.63) is 89.5 Å². The van der Waals surface area contributed by atoms with E-state index in [0.29, 0.717) is 16.8 Å². The number of carbonyl (C=O) groups is 2. The Morgan fingerprint density at radius 1 is 0.963 bits per heavy atom. The van der Waals surface area contributed by atoms with Crippen LogP contribution >= 0.6 is 11.8 Å². The largest absolute Gasteiger partial charge is 0.346 e. The Balaban J connectivity index is 1.57. The van der Waals surface area contributed by atoms with Crippen LogP contribution < -0.4 is 10.6 Å². The number of benzene rings is 3. The summed E-state index contributed by atoms with van der Waals surface area (Å²) in [6.07, 6.45) is 0. The molecule has 0 radical (unpaired) electrons. The number of fused-ring (bicyclic) bond motifs is 2. The SMILES string of the molecule is C[C@@H](NC(=O)c1ccc2c(c1)NC(=O)c1ccccc1S2)c1ccccc1. The van der Waals surface area contributed by atoms with Crippen LogP contribution in [-0.2, 0) is 0 Å². The highest BCUT2D eigenvalue weighted by Gasteiger charge is 2.21. The minimum atomic E-state index is -0.171. The molecule has 4 rings (SSSR count). The summed E-state index contributed by atoms with van der Waals surface area (Å²) in [5.74, 6) is -0.331. The fourth-order valence-electron chi connectivity index (χ4n) is 3.01. The second-order valence-electron chi connectivity index (χ2n) is 6.37. The van der Waals surface area contributed by atoms with Crippen LogP contribution in [0.5, 0.6) is 0 Å². The van der Waals surface area contributed by atoms with Crippen molar-refractivity contribution in [3.8, 4) is 0 Å². The van der Waals surface area contributed by atoms with Gasteiger partial charge in [0.2, 0.25) is 0 Å². The predicted octanol–water partition coefficient (Wildman–Crippen LogP) is 4.89. The molecule has 2 N–H and O–H groups in total. The summed E-state index contributed by atoms with van der Waals surface area (Å²) >= 11 is 1.52. The summed E-state index contributed by atoms with van der Waals surface area (Å²) < 4.78 is 0. The smallest absolute Gasteiger partial charge is 0.256 e. The molecule has 0 aromatic heterocycles. The Labute approximate surface area is 162 Å². The number of amides is 2. The third-order valence-electron chi connectivity index (χ3n) is 4.49. The zero-order valence-electron chi connectivity index (χ0n) is 14.7. The van der Waals surface area contributed by atoms with Gasteiger partial charge in [-0.05, 0) is 42.8 Å². The van der Waals surface area contributed by atoms with E-state index < -0.39 is 0 Å². The lowest BCUT2D eigenvalue weighted by molar-refractivity contribution is 0.0938. The molecule has 27 heavy (non-hydrogen) atoms. The molecule has 0 fully saturated rings. The first-order valence-corrected chi connectivity index (χ1v) is 9.51. The van der Waals surface area contributed by atoms with Gasteiger partial charge in [-0.25, -0.2) is 0 Å². The van der Waals surface area contributed by atoms with Crippen molar-refractivity contribution >= 4 is 29.3 Å². The van der Waals surface area contributed by atoms with E-state index in [4.69, 9.17) is 0 Å². The van der Waals surface area contributed by atoms with Gasteiger partial charge in [-0.2, -0.15) is 0 Å². The third kappa shape index (κ3) is 3.59. The van der Waals surface area contributed by atoms with Crippen LogP contribution in [0.4, 0.5) is 5.69 Å². The fourth-order valence-corrected chi connectivity index (χ4v) is 4.02. The molecule has 5 heteroatoms. The van der Waals surface area contributed by atoms with Crippen LogP contribution in [0.3, 0.4) is 0 Å². The molecule has 1 heterocycles. The summed E-state index contributed by atoms with van der Waals surface area (Å²) in [5.41, 5.74) is 2.85. The van der Waals surface area contributed by atoms with Crippen LogP contribution in [0.25, 0.3) is 0 Å². The average Bonchev–Trinajstić information content (AvgIpc) is 2.84. The quantitative estimate of drug-likeness (QED) is 0.686. The van der Waals surface area contributed by atoms with Gasteiger partial charge in [-0.1, -0.05) is 54.2 Å². The summed E-state index contributed by atoms with van der Waals surface area (Å²) in [7, 11) is 0. The van der Waals surface area contributed by atoms with Crippen molar-refractivity contribution in [2.75, 3.05) is 5.32 Å². The van der Waals surface area contributed by atoms with Crippen molar-refractivity contribution in [1.82, 2.24) is 5.32 Å². The Kier molecular flexibility index (Phi) is 4.69. The normalized spacial score (nSPS) is 13.6. The van der Waals surface area contributed by atoms with Crippen molar-refractivity contribution in [1.29, 1.82) is 0 Å². The Morgan fingerprint density at radius 3 is 2.52 bits per heavy atom. The van der Waals surface area contributed by atoms with Crippen molar-refractivity contribution in [3.63, 3.8) is 0 Å². The molecule has 3 aromatic carbocycles. The van der Waals surface area contributed by atoms with E-state index in [1.165, 1.54) is 11.8 Å². The molecular formula is C22H18N2O2S. The maximum Gasteiger partial charge on any atom is 0.256 e. The van der Waals surface area contributed by atoms with E-state index in [1.807, 2.05) is 61.5 Å². The molecule has 1 aliphatic heterocycles. The van der Waals surface area contributed by atoms with E-state index in [-0.39, 0.29) is 17.9 Å². The Hall–Kier alpha value is -3.05. The van der Waals surface area contributed by atoms with Gasteiger partial charge >= 0.3 is 0 Å². The van der Waals surface area contributed by atoms with Gasteiger partial charge in [0.15, 0.2) is 0 Å². The number of anilines is 1. The predicted molar refractivity (Wildman–Crippen MR) is 107 cm³/mol. The van der Waals surface area contributed by atoms with Gasteiger partial charge in [0.25, 0.3) is 11.8 Å². The maximum atomic E-state index is 12.7. The second-order valence-corrected chi connectivity index (χ2v) is 7.45. The molecule has 4 nitrogen and oxygen atoms in total. The molecular weight excluding hydrogens is 356 g/mol. The van der Waals surface area contributed by atoms with Crippen LogP contribution in [0, 0.1) is 0 Å². The van der Waals surface area contributed by atoms with Crippen LogP contribution in [0.15, 0.2) is 82.6 Å². The Bertz CT molecular complexity index is 1020. The van der Waals surface area contributed by atoms with Gasteiger partial charge in [0.1, 0.15) is 0 Å². The zero-order valence-corrected chi connectivity index (χ0v) is 15.5. The van der Waals surface area contributed by atoms with Gasteiger partial charge in [0, 0.05) is 15.4 Å². The molecule has 3 aromatic rings.